The summed E-state index contributed by atoms with van der Waals surface area (Å²) >= 11 is 3.11. The molecule has 0 radical (unpaired) electrons. The number of aliphatic hydroxyl groups excluding tert-OH is 1. The van der Waals surface area contributed by atoms with Crippen LogP contribution in [-0.2, 0) is 4.57 Å². The summed E-state index contributed by atoms with van der Waals surface area (Å²) in [5.41, 5.74) is 0. The van der Waals surface area contributed by atoms with Crippen molar-refractivity contribution in [1.29, 1.82) is 0 Å². The van der Waals surface area contributed by atoms with E-state index in [2.05, 4.69) is 20.8 Å². The molecule has 2 atom stereocenters. The molecule has 2 unspecified atom stereocenters. The highest BCUT2D eigenvalue weighted by atomic mass is 32.7. The van der Waals surface area contributed by atoms with E-state index in [0.717, 1.165) is 5.75 Å². The van der Waals surface area contributed by atoms with Crippen LogP contribution in [0.15, 0.2) is 0 Å². The molecule has 0 spiro atoms. The van der Waals surface area contributed by atoms with E-state index < -0.39 is 7.00 Å². The van der Waals surface area contributed by atoms with Gasteiger partial charge in [0.2, 0.25) is 0 Å². The fourth-order valence-electron chi connectivity index (χ4n) is 0.608. The molecule has 80 valence electrons. The maximum Gasteiger partial charge on any atom is 0.124 e. The van der Waals surface area contributed by atoms with Gasteiger partial charge in [0.1, 0.15) is 7.00 Å². The Morgan fingerprint density at radius 3 is 2.31 bits per heavy atom. The third kappa shape index (κ3) is 10.8. The minimum Gasteiger partial charge on any atom is -0.391 e. The van der Waals surface area contributed by atoms with E-state index in [0.29, 0.717) is 5.75 Å². The lowest BCUT2D eigenvalue weighted by molar-refractivity contribution is 0.225. The van der Waals surface area contributed by atoms with Crippen molar-refractivity contribution in [3.8, 4) is 0 Å². The normalized spacial score (nSPS) is 17.0. The Bertz CT molecular complexity index is 168. The molecule has 0 heterocycles. The predicted molar refractivity (Wildman–Crippen MR) is 65.6 cm³/mol. The lowest BCUT2D eigenvalue weighted by atomic mass is 10.3. The third-order valence-corrected chi connectivity index (χ3v) is 5.28. The van der Waals surface area contributed by atoms with Crippen molar-refractivity contribution in [3.05, 3.63) is 0 Å². The van der Waals surface area contributed by atoms with Crippen LogP contribution in [0.4, 0.5) is 0 Å². The molecule has 1 N–H and O–H groups in total. The van der Waals surface area contributed by atoms with Crippen LogP contribution in [0.25, 0.3) is 0 Å². The number of hydrogen-bond donors (Lipinski definition) is 1. The molecule has 0 saturated carbocycles. The Morgan fingerprint density at radius 1 is 1.38 bits per heavy atom. The van der Waals surface area contributed by atoms with Crippen LogP contribution in [0.5, 0.6) is 0 Å². The van der Waals surface area contributed by atoms with Gasteiger partial charge >= 0.3 is 0 Å². The van der Waals surface area contributed by atoms with Crippen LogP contribution in [-0.4, -0.2) is 34.1 Å². The monoisotopic (exact) mass is 242 g/mol. The van der Waals surface area contributed by atoms with Crippen molar-refractivity contribution in [2.75, 3.05) is 18.2 Å². The Hall–Kier alpha value is 0.890. The van der Waals surface area contributed by atoms with Crippen LogP contribution >= 0.6 is 30.1 Å². The van der Waals surface area contributed by atoms with Crippen molar-refractivity contribution in [2.45, 2.75) is 31.6 Å². The maximum atomic E-state index is 10.8. The number of rotatable bonds is 5. The summed E-state index contributed by atoms with van der Waals surface area (Å²) in [7, 11) is -1.49. The summed E-state index contributed by atoms with van der Waals surface area (Å²) in [6.07, 6.45) is -0.330. The molecule has 0 aromatic carbocycles. The number of aliphatic hydroxyl groups is 1. The second-order valence-corrected chi connectivity index (χ2v) is 9.92. The molecular weight excluding hydrogens is 223 g/mol. The Morgan fingerprint density at radius 2 is 1.92 bits per heavy atom. The van der Waals surface area contributed by atoms with Gasteiger partial charge in [0.05, 0.1) is 6.10 Å². The molecule has 13 heavy (non-hydrogen) atoms. The Labute approximate surface area is 89.8 Å². The van der Waals surface area contributed by atoms with Gasteiger partial charge in [0, 0.05) is 16.3 Å². The predicted octanol–water partition coefficient (Wildman–Crippen LogP) is 2.72. The van der Waals surface area contributed by atoms with Crippen molar-refractivity contribution in [3.63, 3.8) is 0 Å². The molecule has 0 aliphatic carbocycles. The summed E-state index contributed by atoms with van der Waals surface area (Å²) < 4.78 is 11.0. The van der Waals surface area contributed by atoms with Gasteiger partial charge < -0.3 is 9.67 Å². The topological polar surface area (TPSA) is 37.3 Å². The zero-order chi connectivity index (χ0) is 10.5. The molecule has 0 aliphatic heterocycles. The number of hydrogen-bond acceptors (Lipinski definition) is 4. The first kappa shape index (κ1) is 13.9. The van der Waals surface area contributed by atoms with Crippen LogP contribution in [0, 0.1) is 0 Å². The fraction of sp³-hybridized carbons (Fsp3) is 1.00. The van der Waals surface area contributed by atoms with Crippen molar-refractivity contribution >= 4 is 30.1 Å². The van der Waals surface area contributed by atoms with E-state index >= 15 is 0 Å². The minimum absolute atomic E-state index is 0.198. The zero-order valence-corrected chi connectivity index (χ0v) is 11.3. The second-order valence-electron chi connectivity index (χ2n) is 3.88. The largest absolute Gasteiger partial charge is 0.391 e. The molecule has 2 nitrogen and oxygen atoms in total. The smallest absolute Gasteiger partial charge is 0.124 e. The van der Waals surface area contributed by atoms with E-state index in [1.165, 1.54) is 11.4 Å². The molecule has 0 saturated heterocycles. The van der Waals surface area contributed by atoms with Gasteiger partial charge in [-0.1, -0.05) is 32.2 Å². The highest BCUT2D eigenvalue weighted by molar-refractivity contribution is 8.51. The summed E-state index contributed by atoms with van der Waals surface area (Å²) in [4.78, 5) is 0. The Kier molecular flexibility index (Phi) is 6.83. The lowest BCUT2D eigenvalue weighted by Crippen LogP contribution is -2.18. The van der Waals surface area contributed by atoms with Gasteiger partial charge in [-0.05, 0) is 6.66 Å². The minimum atomic E-state index is -1.49. The van der Waals surface area contributed by atoms with Gasteiger partial charge in [0.15, 0.2) is 0 Å². The molecule has 0 bridgehead atoms. The van der Waals surface area contributed by atoms with Gasteiger partial charge in [-0.2, -0.15) is 11.8 Å². The summed E-state index contributed by atoms with van der Waals surface area (Å²) in [5.74, 6) is 1.32. The first-order chi connectivity index (χ1) is 5.81. The molecule has 0 fully saturated rings. The summed E-state index contributed by atoms with van der Waals surface area (Å²) in [6.45, 7) is 8.08. The van der Waals surface area contributed by atoms with Gasteiger partial charge in [0.25, 0.3) is 0 Å². The van der Waals surface area contributed by atoms with E-state index in [1.54, 1.807) is 18.4 Å². The van der Waals surface area contributed by atoms with E-state index in [4.69, 9.17) is 0 Å². The van der Waals surface area contributed by atoms with Crippen LogP contribution in [0.3, 0.4) is 0 Å². The zero-order valence-electron chi connectivity index (χ0n) is 8.66. The second kappa shape index (κ2) is 6.39. The highest BCUT2D eigenvalue weighted by Crippen LogP contribution is 2.34. The van der Waals surface area contributed by atoms with E-state index in [-0.39, 0.29) is 10.9 Å². The highest BCUT2D eigenvalue weighted by Gasteiger charge is 2.14. The molecular formula is C8H19O2PS2. The van der Waals surface area contributed by atoms with Crippen LogP contribution in [0.2, 0.25) is 0 Å². The van der Waals surface area contributed by atoms with Crippen molar-refractivity contribution in [1.82, 2.24) is 0 Å². The molecule has 0 rings (SSSR count). The molecule has 5 heteroatoms. The van der Waals surface area contributed by atoms with Crippen molar-refractivity contribution in [2.24, 2.45) is 0 Å². The van der Waals surface area contributed by atoms with Crippen LogP contribution in [0.1, 0.15) is 20.8 Å². The fourth-order valence-corrected chi connectivity index (χ4v) is 3.39. The van der Waals surface area contributed by atoms with Crippen molar-refractivity contribution < 1.29 is 9.67 Å². The SMILES string of the molecule is C[PH](=O)SCC(O)CSC(C)(C)C. The first-order valence-corrected chi connectivity index (χ1v) is 8.87. The van der Waals surface area contributed by atoms with Gasteiger partial charge in [-0.25, -0.2) is 0 Å². The molecule has 0 aliphatic rings. The van der Waals surface area contributed by atoms with Gasteiger partial charge in [-0.3, -0.25) is 0 Å². The standard InChI is InChI=1S/C8H19O2PS2/c1-8(2,3)12-5-7(9)6-13-11(4)10/h7,9,11H,5-6H2,1-4H3. The lowest BCUT2D eigenvalue weighted by Gasteiger charge is -2.19. The maximum absolute atomic E-state index is 10.8. The quantitative estimate of drug-likeness (QED) is 0.752. The molecule has 0 aromatic rings. The summed E-state index contributed by atoms with van der Waals surface area (Å²) in [5, 5.41) is 9.50. The average molecular weight is 242 g/mol. The van der Waals surface area contributed by atoms with E-state index in [1.807, 2.05) is 0 Å². The molecule has 0 amide bonds. The van der Waals surface area contributed by atoms with Crippen LogP contribution < -0.4 is 0 Å². The first-order valence-electron chi connectivity index (χ1n) is 4.26. The average Bonchev–Trinajstić information content (AvgIpc) is 1.95. The number of thioether (sulfide) groups is 1. The van der Waals surface area contributed by atoms with E-state index in [9.17, 15) is 9.67 Å². The Balaban J connectivity index is 3.52. The van der Waals surface area contributed by atoms with Gasteiger partial charge in [-0.15, -0.1) is 0 Å². The third-order valence-electron chi connectivity index (χ3n) is 1.19. The molecule has 0 aromatic heterocycles. The summed E-state index contributed by atoms with van der Waals surface area (Å²) in [6, 6.07) is 0.